The second kappa shape index (κ2) is 5.24. The Hall–Kier alpha value is 1.10. The van der Waals surface area contributed by atoms with Crippen LogP contribution in [0, 0.1) is 0 Å². The summed E-state index contributed by atoms with van der Waals surface area (Å²) in [5.74, 6) is 0. The van der Waals surface area contributed by atoms with Gasteiger partial charge < -0.3 is 4.48 Å². The van der Waals surface area contributed by atoms with Gasteiger partial charge in [0, 0.05) is 36.5 Å². The van der Waals surface area contributed by atoms with E-state index in [2.05, 4.69) is 28.2 Å². The summed E-state index contributed by atoms with van der Waals surface area (Å²) in [4.78, 5) is 0. The van der Waals surface area contributed by atoms with Crippen molar-refractivity contribution in [3.8, 4) is 0 Å². The summed E-state index contributed by atoms with van der Waals surface area (Å²) < 4.78 is 1.00. The van der Waals surface area contributed by atoms with Crippen molar-refractivity contribution in [2.75, 3.05) is 28.2 Å². The van der Waals surface area contributed by atoms with Gasteiger partial charge in [-0.3, -0.25) is 0 Å². The Bertz CT molecular complexity index is 27.2. The van der Waals surface area contributed by atoms with Crippen LogP contribution in [0.15, 0.2) is 0 Å². The third kappa shape index (κ3) is 152. The molecule has 0 aromatic carbocycles. The fourth-order valence-corrected chi connectivity index (χ4v) is 0. The Morgan fingerprint density at radius 2 is 0.857 bits per heavy atom. The van der Waals surface area contributed by atoms with Crippen LogP contribution in [0.2, 0.25) is 0 Å². The third-order valence-electron chi connectivity index (χ3n) is 0. The van der Waals surface area contributed by atoms with Crippen molar-refractivity contribution < 1.29 is 41.0 Å². The summed E-state index contributed by atoms with van der Waals surface area (Å²) in [5, 5.41) is 0. The van der Waals surface area contributed by atoms with E-state index in [1.165, 1.54) is 0 Å². The maximum atomic E-state index is 2.12. The summed E-state index contributed by atoms with van der Waals surface area (Å²) in [7, 11) is 8.50. The molecule has 0 heterocycles. The van der Waals surface area contributed by atoms with Gasteiger partial charge in [-0.25, -0.2) is 0 Å². The quantitative estimate of drug-likeness (QED) is 0.393. The first-order valence-corrected chi connectivity index (χ1v) is 1.79. The van der Waals surface area contributed by atoms with Crippen molar-refractivity contribution in [3.05, 3.63) is 0 Å². The zero-order valence-corrected chi connectivity index (χ0v) is 9.36. The molecule has 0 aromatic heterocycles. The summed E-state index contributed by atoms with van der Waals surface area (Å²) in [5.41, 5.74) is 0. The average molecular weight is 203 g/mol. The number of hydrogen-bond acceptors (Lipinski definition) is 0. The fourth-order valence-electron chi connectivity index (χ4n) is 0. The van der Waals surface area contributed by atoms with Crippen LogP contribution in [0.4, 0.5) is 0 Å². The normalized spacial score (nSPS) is 8.57. The monoisotopic (exact) mass is 201 g/mol. The van der Waals surface area contributed by atoms with Crippen molar-refractivity contribution in [2.45, 2.75) is 0 Å². The van der Waals surface area contributed by atoms with Crippen molar-refractivity contribution >= 4 is 0 Å². The van der Waals surface area contributed by atoms with Gasteiger partial charge in [0.05, 0.1) is 28.2 Å². The van der Waals surface area contributed by atoms with Gasteiger partial charge in [0.25, 0.3) is 0 Å². The van der Waals surface area contributed by atoms with E-state index in [9.17, 15) is 0 Å². The molecular formula is C4H12CuNZn+. The smallest absolute Gasteiger partial charge is 0.0675 e. The zero-order valence-electron chi connectivity index (χ0n) is 5.46. The molecule has 0 spiro atoms. The molecule has 1 nitrogen and oxygen atoms in total. The molecule has 0 atom stereocenters. The fraction of sp³-hybridized carbons (Fsp3) is 1.00. The Morgan fingerprint density at radius 3 is 0.857 bits per heavy atom. The Labute approximate surface area is 69.3 Å². The molecule has 0 aliphatic carbocycles. The molecule has 0 aromatic rings. The van der Waals surface area contributed by atoms with Gasteiger partial charge >= 0.3 is 0 Å². The molecule has 0 aliphatic heterocycles. The van der Waals surface area contributed by atoms with Crippen LogP contribution in [0.3, 0.4) is 0 Å². The van der Waals surface area contributed by atoms with E-state index in [0.29, 0.717) is 0 Å². The molecular weight excluding hydrogens is 191 g/mol. The molecule has 0 bridgehead atoms. The largest absolute Gasteiger partial charge is 0.333 e. The zero-order chi connectivity index (χ0) is 4.50. The van der Waals surface area contributed by atoms with Crippen LogP contribution < -0.4 is 0 Å². The van der Waals surface area contributed by atoms with Crippen LogP contribution in [0.1, 0.15) is 0 Å². The molecule has 0 fully saturated rings. The maximum Gasteiger partial charge on any atom is 0.0675 e. The summed E-state index contributed by atoms with van der Waals surface area (Å²) in [6.45, 7) is 0. The van der Waals surface area contributed by atoms with E-state index < -0.39 is 0 Å². The Kier molecular flexibility index (Phi) is 11.8. The molecule has 3 heteroatoms. The molecule has 0 N–H and O–H groups in total. The van der Waals surface area contributed by atoms with Gasteiger partial charge in [-0.2, -0.15) is 0 Å². The van der Waals surface area contributed by atoms with Gasteiger partial charge in [-0.1, -0.05) is 0 Å². The molecule has 1 radical (unpaired) electrons. The van der Waals surface area contributed by atoms with Gasteiger partial charge in [0.1, 0.15) is 0 Å². The molecule has 0 saturated heterocycles. The van der Waals surface area contributed by atoms with Gasteiger partial charge in [0.2, 0.25) is 0 Å². The second-order valence-electron chi connectivity index (χ2n) is 2.68. The van der Waals surface area contributed by atoms with Crippen LogP contribution >= 0.6 is 0 Å². The minimum Gasteiger partial charge on any atom is -0.333 e. The predicted octanol–water partition coefficient (Wildman–Crippen LogP) is 0.317. The maximum absolute atomic E-state index is 2.12. The second-order valence-corrected chi connectivity index (χ2v) is 2.68. The number of quaternary nitrogens is 1. The Balaban J connectivity index is -0.0000000800. The SMILES string of the molecule is C[N+](C)(C)C.[Cu].[Zn]. The van der Waals surface area contributed by atoms with Gasteiger partial charge in [-0.15, -0.1) is 0 Å². The number of rotatable bonds is 0. The number of nitrogens with zero attached hydrogens (tertiary/aromatic N) is 1. The molecule has 0 amide bonds. The molecule has 7 heavy (non-hydrogen) atoms. The van der Waals surface area contributed by atoms with Crippen LogP contribution in [-0.2, 0) is 36.5 Å². The first-order chi connectivity index (χ1) is 2.00. The van der Waals surface area contributed by atoms with Crippen molar-refractivity contribution in [1.82, 2.24) is 0 Å². The summed E-state index contributed by atoms with van der Waals surface area (Å²) in [6.07, 6.45) is 0. The van der Waals surface area contributed by atoms with Gasteiger partial charge in [-0.05, 0) is 0 Å². The molecule has 0 unspecified atom stereocenters. The Morgan fingerprint density at radius 1 is 0.857 bits per heavy atom. The van der Waals surface area contributed by atoms with Crippen molar-refractivity contribution in [3.63, 3.8) is 0 Å². The van der Waals surface area contributed by atoms with E-state index in [4.69, 9.17) is 0 Å². The summed E-state index contributed by atoms with van der Waals surface area (Å²) in [6, 6.07) is 0. The molecule has 45 valence electrons. The predicted molar refractivity (Wildman–Crippen MR) is 24.0 cm³/mol. The standard InChI is InChI=1S/C4H12N.Cu.Zn/c1-5(2,3)4;;/h1-4H3;;/q+1;;. The number of hydrogen-bond donors (Lipinski definition) is 0. The minimum absolute atomic E-state index is 0. The van der Waals surface area contributed by atoms with Crippen LogP contribution in [-0.4, -0.2) is 32.7 Å². The summed E-state index contributed by atoms with van der Waals surface area (Å²) >= 11 is 0. The topological polar surface area (TPSA) is 0 Å². The van der Waals surface area contributed by atoms with E-state index in [1.54, 1.807) is 0 Å². The van der Waals surface area contributed by atoms with Crippen molar-refractivity contribution in [1.29, 1.82) is 0 Å². The van der Waals surface area contributed by atoms with Gasteiger partial charge in [0.15, 0.2) is 0 Å². The molecule has 0 aliphatic rings. The molecule has 0 saturated carbocycles. The van der Waals surface area contributed by atoms with Crippen LogP contribution in [0.25, 0.3) is 0 Å². The average Bonchev–Trinajstić information content (AvgIpc) is 0.722. The first-order valence-electron chi connectivity index (χ1n) is 1.79. The van der Waals surface area contributed by atoms with E-state index in [-0.39, 0.29) is 36.5 Å². The van der Waals surface area contributed by atoms with E-state index >= 15 is 0 Å². The van der Waals surface area contributed by atoms with Crippen molar-refractivity contribution in [2.24, 2.45) is 0 Å². The molecule has 0 rings (SSSR count). The first kappa shape index (κ1) is 15.7. The van der Waals surface area contributed by atoms with E-state index in [1.807, 2.05) is 0 Å². The van der Waals surface area contributed by atoms with Crippen LogP contribution in [0.5, 0.6) is 0 Å². The third-order valence-corrected chi connectivity index (χ3v) is 0. The minimum atomic E-state index is 0. The van der Waals surface area contributed by atoms with E-state index in [0.717, 1.165) is 4.48 Å².